The molecular formula is C10H12FN. The molecule has 64 valence electrons. The van der Waals surface area contributed by atoms with Crippen molar-refractivity contribution in [3.8, 4) is 0 Å². The van der Waals surface area contributed by atoms with E-state index in [-0.39, 0.29) is 0 Å². The van der Waals surface area contributed by atoms with Gasteiger partial charge >= 0.3 is 0 Å². The Hall–Kier alpha value is -1.15. The molecule has 0 bridgehead atoms. The molecule has 0 fully saturated rings. The van der Waals surface area contributed by atoms with Crippen LogP contribution in [0.5, 0.6) is 0 Å². The van der Waals surface area contributed by atoms with Gasteiger partial charge < -0.3 is 5.73 Å². The molecule has 0 saturated heterocycles. The van der Waals surface area contributed by atoms with Gasteiger partial charge in [-0.2, -0.15) is 0 Å². The molecular weight excluding hydrogens is 153 g/mol. The highest BCUT2D eigenvalue weighted by Crippen LogP contribution is 2.11. The lowest BCUT2D eigenvalue weighted by Crippen LogP contribution is -2.02. The van der Waals surface area contributed by atoms with Crippen molar-refractivity contribution in [1.82, 2.24) is 0 Å². The first-order valence-electron chi connectivity index (χ1n) is 3.89. The Balaban J connectivity index is 2.88. The Bertz CT molecular complexity index is 254. The van der Waals surface area contributed by atoms with Crippen molar-refractivity contribution in [2.24, 2.45) is 5.73 Å². The largest absolute Gasteiger partial charge is 0.326 e. The number of hydrogen-bond acceptors (Lipinski definition) is 1. The molecule has 12 heavy (non-hydrogen) atoms. The molecule has 0 aromatic heterocycles. The quantitative estimate of drug-likeness (QED) is 0.728. The van der Waals surface area contributed by atoms with Crippen LogP contribution in [0.2, 0.25) is 0 Å². The third-order valence-corrected chi connectivity index (χ3v) is 1.69. The van der Waals surface area contributed by atoms with Crippen LogP contribution < -0.4 is 5.73 Å². The predicted molar refractivity (Wildman–Crippen MR) is 49.4 cm³/mol. The van der Waals surface area contributed by atoms with Crippen LogP contribution in [0.25, 0.3) is 5.57 Å². The molecule has 0 spiro atoms. The van der Waals surface area contributed by atoms with Gasteiger partial charge in [0.1, 0.15) is 6.67 Å². The van der Waals surface area contributed by atoms with Gasteiger partial charge in [0.2, 0.25) is 0 Å². The maximum Gasteiger partial charge on any atom is 0.108 e. The highest BCUT2D eigenvalue weighted by Gasteiger charge is 1.96. The standard InChI is InChI=1S/C10H12FN/c11-7-6-10(8-12)9-4-2-1-3-5-9/h1-6H,7-8,12H2. The topological polar surface area (TPSA) is 26.0 Å². The number of hydrogen-bond donors (Lipinski definition) is 1. The minimum absolute atomic E-state index is 0.383. The molecule has 1 rings (SSSR count). The van der Waals surface area contributed by atoms with Crippen LogP contribution >= 0.6 is 0 Å². The molecule has 2 heteroatoms. The Labute approximate surface area is 71.7 Å². The normalized spacial score (nSPS) is 11.7. The minimum atomic E-state index is -0.457. The van der Waals surface area contributed by atoms with Gasteiger partial charge in [-0.3, -0.25) is 0 Å². The summed E-state index contributed by atoms with van der Waals surface area (Å²) in [4.78, 5) is 0. The molecule has 0 saturated carbocycles. The summed E-state index contributed by atoms with van der Waals surface area (Å²) >= 11 is 0. The molecule has 0 radical (unpaired) electrons. The molecule has 0 aliphatic heterocycles. The van der Waals surface area contributed by atoms with E-state index in [0.29, 0.717) is 6.54 Å². The van der Waals surface area contributed by atoms with Crippen LogP contribution in [0.4, 0.5) is 4.39 Å². The van der Waals surface area contributed by atoms with E-state index in [1.807, 2.05) is 30.3 Å². The van der Waals surface area contributed by atoms with Crippen molar-refractivity contribution in [3.05, 3.63) is 42.0 Å². The summed E-state index contributed by atoms with van der Waals surface area (Å²) in [5, 5.41) is 0. The van der Waals surface area contributed by atoms with Crippen LogP contribution in [-0.2, 0) is 0 Å². The lowest BCUT2D eigenvalue weighted by Gasteiger charge is -2.02. The van der Waals surface area contributed by atoms with Crippen LogP contribution in [0, 0.1) is 0 Å². The third-order valence-electron chi connectivity index (χ3n) is 1.69. The van der Waals surface area contributed by atoms with Crippen molar-refractivity contribution < 1.29 is 4.39 Å². The second-order valence-corrected chi connectivity index (χ2v) is 2.45. The highest BCUT2D eigenvalue weighted by atomic mass is 19.1. The zero-order chi connectivity index (χ0) is 8.81. The summed E-state index contributed by atoms with van der Waals surface area (Å²) < 4.78 is 12.0. The Morgan fingerprint density at radius 2 is 2.00 bits per heavy atom. The molecule has 1 nitrogen and oxygen atoms in total. The Morgan fingerprint density at radius 1 is 1.33 bits per heavy atom. The smallest absolute Gasteiger partial charge is 0.108 e. The molecule has 0 atom stereocenters. The molecule has 0 aliphatic rings. The summed E-state index contributed by atoms with van der Waals surface area (Å²) in [5.74, 6) is 0. The minimum Gasteiger partial charge on any atom is -0.326 e. The van der Waals surface area contributed by atoms with E-state index in [1.165, 1.54) is 6.08 Å². The van der Waals surface area contributed by atoms with Crippen LogP contribution in [0.3, 0.4) is 0 Å². The molecule has 0 aliphatic carbocycles. The summed E-state index contributed by atoms with van der Waals surface area (Å²) in [6, 6.07) is 9.60. The molecule has 2 N–H and O–H groups in total. The lowest BCUT2D eigenvalue weighted by atomic mass is 10.1. The van der Waals surface area contributed by atoms with Crippen molar-refractivity contribution >= 4 is 5.57 Å². The van der Waals surface area contributed by atoms with Crippen LogP contribution in [-0.4, -0.2) is 13.2 Å². The van der Waals surface area contributed by atoms with Gasteiger partial charge in [-0.05, 0) is 17.2 Å². The Morgan fingerprint density at radius 3 is 2.50 bits per heavy atom. The molecule has 0 unspecified atom stereocenters. The second-order valence-electron chi connectivity index (χ2n) is 2.45. The van der Waals surface area contributed by atoms with Gasteiger partial charge in [-0.1, -0.05) is 30.3 Å². The van der Waals surface area contributed by atoms with Crippen molar-refractivity contribution in [2.75, 3.05) is 13.2 Å². The number of allylic oxidation sites excluding steroid dienone is 1. The fourth-order valence-electron chi connectivity index (χ4n) is 1.06. The maximum absolute atomic E-state index is 12.0. The van der Waals surface area contributed by atoms with E-state index >= 15 is 0 Å². The van der Waals surface area contributed by atoms with E-state index in [2.05, 4.69) is 0 Å². The molecule has 0 amide bonds. The first kappa shape index (κ1) is 8.94. The van der Waals surface area contributed by atoms with Gasteiger partial charge in [0.25, 0.3) is 0 Å². The van der Waals surface area contributed by atoms with Crippen LogP contribution in [0.1, 0.15) is 5.56 Å². The SMILES string of the molecule is NCC(=CCF)c1ccccc1. The third kappa shape index (κ3) is 2.17. The van der Waals surface area contributed by atoms with Gasteiger partial charge in [0, 0.05) is 6.54 Å². The van der Waals surface area contributed by atoms with E-state index in [0.717, 1.165) is 11.1 Å². The zero-order valence-electron chi connectivity index (χ0n) is 6.83. The number of alkyl halides is 1. The highest BCUT2D eigenvalue weighted by molar-refractivity contribution is 5.66. The number of rotatable bonds is 3. The van der Waals surface area contributed by atoms with E-state index in [1.54, 1.807) is 0 Å². The van der Waals surface area contributed by atoms with Gasteiger partial charge in [-0.15, -0.1) is 0 Å². The van der Waals surface area contributed by atoms with E-state index in [4.69, 9.17) is 5.73 Å². The van der Waals surface area contributed by atoms with Crippen LogP contribution in [0.15, 0.2) is 36.4 Å². The maximum atomic E-state index is 12.0. The molecule has 0 heterocycles. The number of benzene rings is 1. The summed E-state index contributed by atoms with van der Waals surface area (Å²) in [5.41, 5.74) is 7.31. The van der Waals surface area contributed by atoms with Crippen molar-refractivity contribution in [2.45, 2.75) is 0 Å². The fraction of sp³-hybridized carbons (Fsp3) is 0.200. The number of nitrogens with two attached hydrogens (primary N) is 1. The predicted octanol–water partition coefficient (Wildman–Crippen LogP) is 2.00. The summed E-state index contributed by atoms with van der Waals surface area (Å²) in [7, 11) is 0. The summed E-state index contributed by atoms with van der Waals surface area (Å²) in [6.07, 6.45) is 1.51. The fourth-order valence-corrected chi connectivity index (χ4v) is 1.06. The molecule has 1 aromatic carbocycles. The van der Waals surface area contributed by atoms with E-state index < -0.39 is 6.67 Å². The van der Waals surface area contributed by atoms with Gasteiger partial charge in [0.15, 0.2) is 0 Å². The second kappa shape index (κ2) is 4.67. The van der Waals surface area contributed by atoms with E-state index in [9.17, 15) is 4.39 Å². The Kier molecular flexibility index (Phi) is 3.48. The number of halogens is 1. The van der Waals surface area contributed by atoms with Gasteiger partial charge in [-0.25, -0.2) is 4.39 Å². The average Bonchev–Trinajstić information content (AvgIpc) is 2.15. The molecule has 1 aromatic rings. The lowest BCUT2D eigenvalue weighted by molar-refractivity contribution is 0.562. The van der Waals surface area contributed by atoms with Gasteiger partial charge in [0.05, 0.1) is 0 Å². The monoisotopic (exact) mass is 165 g/mol. The van der Waals surface area contributed by atoms with Crippen molar-refractivity contribution in [3.63, 3.8) is 0 Å². The zero-order valence-corrected chi connectivity index (χ0v) is 6.83. The van der Waals surface area contributed by atoms with Crippen molar-refractivity contribution in [1.29, 1.82) is 0 Å². The first-order valence-corrected chi connectivity index (χ1v) is 3.89. The summed E-state index contributed by atoms with van der Waals surface area (Å²) in [6.45, 7) is -0.0740. The first-order chi connectivity index (χ1) is 5.88. The average molecular weight is 165 g/mol.